The summed E-state index contributed by atoms with van der Waals surface area (Å²) in [6, 6.07) is 7.19. The van der Waals surface area contributed by atoms with E-state index < -0.39 is 17.6 Å². The van der Waals surface area contributed by atoms with Gasteiger partial charge < -0.3 is 19.6 Å². The maximum atomic E-state index is 13.8. The van der Waals surface area contributed by atoms with Crippen molar-refractivity contribution in [2.24, 2.45) is 0 Å². The molecule has 2 heterocycles. The second-order valence-corrected chi connectivity index (χ2v) is 7.27. The number of methoxy groups -OCH3 is 1. The Hall–Kier alpha value is -3.82. The molecule has 0 aliphatic carbocycles. The van der Waals surface area contributed by atoms with Gasteiger partial charge in [-0.3, -0.25) is 0 Å². The number of rotatable bonds is 9. The number of para-hydroxylation sites is 1. The lowest BCUT2D eigenvalue weighted by molar-refractivity contribution is -0.134. The number of nitrogens with zero attached hydrogens (tertiary/aromatic N) is 5. The van der Waals surface area contributed by atoms with Crippen LogP contribution < -0.4 is 10.6 Å². The SMILES string of the molecule is CCN(CC)/C(=C/C(=O)OC)n1c(=O)n2nc(C(=O)O)c(N(CC)CC)c2c2ccccc21. The van der Waals surface area contributed by atoms with Crippen LogP contribution in [0.5, 0.6) is 0 Å². The third-order valence-corrected chi connectivity index (χ3v) is 5.68. The molecule has 2 aromatic heterocycles. The number of hydrogen-bond donors (Lipinski definition) is 1. The van der Waals surface area contributed by atoms with Gasteiger partial charge in [0.2, 0.25) is 0 Å². The predicted molar refractivity (Wildman–Crippen MR) is 127 cm³/mol. The molecule has 0 aliphatic heterocycles. The number of carbonyl (C=O) groups excluding carboxylic acids is 1. The number of hydrogen-bond acceptors (Lipinski definition) is 7. The predicted octanol–water partition coefficient (Wildman–Crippen LogP) is 2.51. The number of carboxylic acid groups (broad SMARTS) is 1. The fraction of sp³-hybridized carbons (Fsp3) is 0.391. The molecule has 0 aliphatic rings. The van der Waals surface area contributed by atoms with E-state index in [1.165, 1.54) is 17.8 Å². The molecule has 0 unspecified atom stereocenters. The summed E-state index contributed by atoms with van der Waals surface area (Å²) in [4.78, 5) is 41.8. The Morgan fingerprint density at radius 2 is 1.73 bits per heavy atom. The summed E-state index contributed by atoms with van der Waals surface area (Å²) in [5.41, 5.74) is 0.577. The van der Waals surface area contributed by atoms with Gasteiger partial charge >= 0.3 is 17.6 Å². The van der Waals surface area contributed by atoms with Gasteiger partial charge in [-0.1, -0.05) is 18.2 Å². The van der Waals surface area contributed by atoms with Crippen LogP contribution in [0.25, 0.3) is 22.2 Å². The highest BCUT2D eigenvalue weighted by Gasteiger charge is 2.28. The number of anilines is 1. The zero-order valence-electron chi connectivity index (χ0n) is 19.5. The standard InChI is InChI=1S/C23H29N5O5/c1-6-25(7-2)17(14-18(29)33-5)27-16-13-11-10-12-15(16)20-21(26(8-3)9-4)19(22(30)31)24-28(20)23(27)32/h10-14H,6-9H2,1-5H3,(H,30,31)/b17-14-. The minimum absolute atomic E-state index is 0.194. The molecule has 176 valence electrons. The van der Waals surface area contributed by atoms with Crippen molar-refractivity contribution in [1.82, 2.24) is 19.1 Å². The molecular formula is C23H29N5O5. The molecule has 0 radical (unpaired) electrons. The maximum absolute atomic E-state index is 13.8. The first-order valence-electron chi connectivity index (χ1n) is 10.9. The fourth-order valence-corrected chi connectivity index (χ4v) is 4.07. The normalized spacial score (nSPS) is 11.7. The second kappa shape index (κ2) is 9.76. The molecule has 0 saturated heterocycles. The van der Waals surface area contributed by atoms with Crippen LogP contribution in [0.2, 0.25) is 0 Å². The smallest absolute Gasteiger partial charge is 0.358 e. The van der Waals surface area contributed by atoms with Crippen molar-refractivity contribution in [3.63, 3.8) is 0 Å². The molecule has 10 nitrogen and oxygen atoms in total. The van der Waals surface area contributed by atoms with Crippen LogP contribution in [0.4, 0.5) is 5.69 Å². The van der Waals surface area contributed by atoms with Gasteiger partial charge in [-0.2, -0.15) is 9.61 Å². The van der Waals surface area contributed by atoms with Crippen LogP contribution in [0.15, 0.2) is 35.1 Å². The summed E-state index contributed by atoms with van der Waals surface area (Å²) in [6.07, 6.45) is 1.26. The zero-order valence-corrected chi connectivity index (χ0v) is 19.5. The second-order valence-electron chi connectivity index (χ2n) is 7.27. The van der Waals surface area contributed by atoms with Gasteiger partial charge in [-0.25, -0.2) is 19.0 Å². The van der Waals surface area contributed by atoms with Gasteiger partial charge in [0, 0.05) is 31.6 Å². The molecule has 0 bridgehead atoms. The molecule has 0 saturated carbocycles. The fourth-order valence-electron chi connectivity index (χ4n) is 4.07. The molecule has 33 heavy (non-hydrogen) atoms. The number of carbonyl (C=O) groups is 2. The van der Waals surface area contributed by atoms with Gasteiger partial charge in [0.05, 0.1) is 24.4 Å². The first kappa shape index (κ1) is 23.8. The van der Waals surface area contributed by atoms with E-state index in [1.807, 2.05) is 49.6 Å². The molecule has 0 fully saturated rings. The van der Waals surface area contributed by atoms with Crippen molar-refractivity contribution in [1.29, 1.82) is 0 Å². The number of aromatic carboxylic acids is 1. The number of aromatic nitrogens is 3. The minimum Gasteiger partial charge on any atom is -0.476 e. The highest BCUT2D eigenvalue weighted by atomic mass is 16.5. The van der Waals surface area contributed by atoms with Crippen molar-refractivity contribution in [3.8, 4) is 0 Å². The molecule has 3 rings (SSSR count). The highest BCUT2D eigenvalue weighted by molar-refractivity contribution is 6.07. The summed E-state index contributed by atoms with van der Waals surface area (Å²) in [6.45, 7) is 9.80. The van der Waals surface area contributed by atoms with E-state index in [2.05, 4.69) is 5.10 Å². The Morgan fingerprint density at radius 3 is 2.27 bits per heavy atom. The summed E-state index contributed by atoms with van der Waals surface area (Å²) in [5.74, 6) is -1.50. The minimum atomic E-state index is -1.22. The number of ether oxygens (including phenoxy) is 1. The Bertz CT molecular complexity index is 1280. The lowest BCUT2D eigenvalue weighted by Crippen LogP contribution is -2.35. The van der Waals surface area contributed by atoms with Crippen molar-refractivity contribution in [3.05, 3.63) is 46.5 Å². The summed E-state index contributed by atoms with van der Waals surface area (Å²) >= 11 is 0. The number of carboxylic acids is 1. The van der Waals surface area contributed by atoms with E-state index in [0.717, 1.165) is 4.52 Å². The zero-order chi connectivity index (χ0) is 24.3. The third kappa shape index (κ3) is 4.04. The van der Waals surface area contributed by atoms with Crippen LogP contribution in [0.3, 0.4) is 0 Å². The molecule has 1 N–H and O–H groups in total. The van der Waals surface area contributed by atoms with E-state index >= 15 is 0 Å². The Kier molecular flexibility index (Phi) is 7.05. The van der Waals surface area contributed by atoms with Gasteiger partial charge in [0.1, 0.15) is 11.3 Å². The lowest BCUT2D eigenvalue weighted by atomic mass is 10.1. The Balaban J connectivity index is 2.58. The molecule has 1 aromatic carbocycles. The topological polar surface area (TPSA) is 109 Å². The summed E-state index contributed by atoms with van der Waals surface area (Å²) < 4.78 is 7.34. The Morgan fingerprint density at radius 1 is 1.09 bits per heavy atom. The average molecular weight is 456 g/mol. The molecule has 0 spiro atoms. The Labute approximate surface area is 191 Å². The molecule has 3 aromatic rings. The molecule has 0 atom stereocenters. The van der Waals surface area contributed by atoms with Gasteiger partial charge in [-0.15, -0.1) is 0 Å². The van der Waals surface area contributed by atoms with E-state index in [-0.39, 0.29) is 5.69 Å². The third-order valence-electron chi connectivity index (χ3n) is 5.68. The van der Waals surface area contributed by atoms with Crippen molar-refractivity contribution in [2.45, 2.75) is 27.7 Å². The molecule has 0 amide bonds. The van der Waals surface area contributed by atoms with E-state index in [0.29, 0.717) is 54.1 Å². The van der Waals surface area contributed by atoms with Gasteiger partial charge in [-0.05, 0) is 33.8 Å². The van der Waals surface area contributed by atoms with Crippen molar-refractivity contribution < 1.29 is 19.4 Å². The van der Waals surface area contributed by atoms with Crippen molar-refractivity contribution in [2.75, 3.05) is 38.2 Å². The number of fused-ring (bicyclic) bond motifs is 3. The van der Waals surface area contributed by atoms with Gasteiger partial charge in [0.15, 0.2) is 5.69 Å². The van der Waals surface area contributed by atoms with Crippen LogP contribution in [-0.4, -0.2) is 69.4 Å². The maximum Gasteiger partial charge on any atom is 0.358 e. The molecule has 10 heteroatoms. The van der Waals surface area contributed by atoms with E-state index in [4.69, 9.17) is 4.74 Å². The van der Waals surface area contributed by atoms with Crippen LogP contribution in [-0.2, 0) is 9.53 Å². The van der Waals surface area contributed by atoms with Crippen LogP contribution in [0, 0.1) is 0 Å². The first-order valence-corrected chi connectivity index (χ1v) is 10.9. The summed E-state index contributed by atoms with van der Waals surface area (Å²) in [7, 11) is 1.27. The van der Waals surface area contributed by atoms with Gasteiger partial charge in [0.25, 0.3) is 0 Å². The lowest BCUT2D eigenvalue weighted by Gasteiger charge is -2.27. The number of benzene rings is 1. The van der Waals surface area contributed by atoms with Crippen molar-refractivity contribution >= 4 is 39.9 Å². The van der Waals surface area contributed by atoms with E-state index in [9.17, 15) is 19.5 Å². The quantitative estimate of drug-likeness (QED) is 0.387. The first-order chi connectivity index (χ1) is 15.8. The molecular weight excluding hydrogens is 426 g/mol. The monoisotopic (exact) mass is 455 g/mol. The van der Waals surface area contributed by atoms with E-state index in [1.54, 1.807) is 12.1 Å². The van der Waals surface area contributed by atoms with Crippen LogP contribution >= 0.6 is 0 Å². The average Bonchev–Trinajstić information content (AvgIpc) is 3.22. The number of esters is 1. The van der Waals surface area contributed by atoms with Crippen LogP contribution in [0.1, 0.15) is 38.2 Å². The summed E-state index contributed by atoms with van der Waals surface area (Å²) in [5, 5.41) is 14.7. The highest BCUT2D eigenvalue weighted by Crippen LogP contribution is 2.32. The largest absolute Gasteiger partial charge is 0.476 e.